The molecule has 0 N–H and O–H groups in total. The molecule has 3 aliphatic rings. The van der Waals surface area contributed by atoms with Gasteiger partial charge < -0.3 is 9.80 Å². The molecular formula is C20H31N5O. The highest BCUT2D eigenvalue weighted by atomic mass is 16.2. The van der Waals surface area contributed by atoms with Gasteiger partial charge in [0.1, 0.15) is 5.82 Å². The first-order valence-corrected chi connectivity index (χ1v) is 10.1. The van der Waals surface area contributed by atoms with E-state index in [0.717, 1.165) is 77.2 Å². The molecule has 0 bridgehead atoms. The van der Waals surface area contributed by atoms with Crippen LogP contribution in [0, 0.1) is 6.92 Å². The van der Waals surface area contributed by atoms with Crippen LogP contribution < -0.4 is 0 Å². The molecule has 1 amide bonds. The van der Waals surface area contributed by atoms with Crippen molar-refractivity contribution in [1.82, 2.24) is 24.7 Å². The summed E-state index contributed by atoms with van der Waals surface area (Å²) < 4.78 is 0. The fourth-order valence-corrected chi connectivity index (χ4v) is 4.92. The zero-order valence-corrected chi connectivity index (χ0v) is 16.2. The van der Waals surface area contributed by atoms with Crippen LogP contribution in [-0.2, 0) is 16.6 Å². The first kappa shape index (κ1) is 17.9. The molecule has 142 valence electrons. The molecular weight excluding hydrogens is 326 g/mol. The minimum atomic E-state index is 0.0654. The number of carbonyl (C=O) groups excluding carboxylic acids is 1. The third-order valence-electron chi connectivity index (χ3n) is 6.46. The molecule has 2 aliphatic heterocycles. The van der Waals surface area contributed by atoms with Crippen LogP contribution in [0.15, 0.2) is 6.20 Å². The van der Waals surface area contributed by atoms with Gasteiger partial charge in [0.05, 0.1) is 12.2 Å². The van der Waals surface area contributed by atoms with E-state index >= 15 is 0 Å². The van der Waals surface area contributed by atoms with E-state index in [1.165, 1.54) is 11.3 Å². The van der Waals surface area contributed by atoms with Crippen LogP contribution in [-0.4, -0.2) is 83.4 Å². The van der Waals surface area contributed by atoms with Gasteiger partial charge in [-0.3, -0.25) is 9.69 Å². The Morgan fingerprint density at radius 2 is 2.04 bits per heavy atom. The second kappa shape index (κ2) is 7.24. The summed E-state index contributed by atoms with van der Waals surface area (Å²) in [4.78, 5) is 29.0. The summed E-state index contributed by atoms with van der Waals surface area (Å²) in [6.07, 6.45) is 7.54. The van der Waals surface area contributed by atoms with Gasteiger partial charge in [0.2, 0.25) is 5.91 Å². The van der Waals surface area contributed by atoms with Crippen molar-refractivity contribution in [2.45, 2.75) is 44.4 Å². The molecule has 6 heteroatoms. The molecule has 0 radical (unpaired) electrons. The van der Waals surface area contributed by atoms with Gasteiger partial charge in [0.25, 0.3) is 0 Å². The van der Waals surface area contributed by atoms with Gasteiger partial charge in [-0.25, -0.2) is 9.97 Å². The summed E-state index contributed by atoms with van der Waals surface area (Å²) >= 11 is 0. The first-order valence-electron chi connectivity index (χ1n) is 10.1. The average molecular weight is 358 g/mol. The number of amides is 1. The molecule has 1 aromatic heterocycles. The number of aryl methyl sites for hydroxylation is 2. The molecule has 0 saturated carbocycles. The van der Waals surface area contributed by atoms with Gasteiger partial charge in [-0.05, 0) is 64.7 Å². The lowest BCUT2D eigenvalue weighted by Crippen LogP contribution is -2.51. The molecule has 1 atom stereocenters. The van der Waals surface area contributed by atoms with Crippen molar-refractivity contribution in [3.8, 4) is 0 Å². The van der Waals surface area contributed by atoms with E-state index in [2.05, 4.69) is 26.7 Å². The van der Waals surface area contributed by atoms with E-state index < -0.39 is 0 Å². The number of carbonyl (C=O) groups is 1. The van der Waals surface area contributed by atoms with E-state index in [9.17, 15) is 4.79 Å². The van der Waals surface area contributed by atoms with Crippen LogP contribution in [0.5, 0.6) is 0 Å². The molecule has 1 aromatic rings. The molecule has 1 spiro atoms. The fourth-order valence-electron chi connectivity index (χ4n) is 4.92. The van der Waals surface area contributed by atoms with Crippen molar-refractivity contribution in [2.75, 3.05) is 52.9 Å². The van der Waals surface area contributed by atoms with Crippen molar-refractivity contribution < 1.29 is 4.79 Å². The summed E-state index contributed by atoms with van der Waals surface area (Å²) in [5, 5.41) is 0. The van der Waals surface area contributed by atoms with Gasteiger partial charge >= 0.3 is 0 Å². The van der Waals surface area contributed by atoms with E-state index in [1.54, 1.807) is 0 Å². The molecule has 1 aliphatic carbocycles. The minimum Gasteiger partial charge on any atom is -0.341 e. The van der Waals surface area contributed by atoms with Crippen molar-refractivity contribution in [3.05, 3.63) is 23.3 Å². The summed E-state index contributed by atoms with van der Waals surface area (Å²) in [6.45, 7) is 8.49. The summed E-state index contributed by atoms with van der Waals surface area (Å²) in [5.41, 5.74) is 2.58. The molecule has 3 heterocycles. The van der Waals surface area contributed by atoms with E-state index in [1.807, 2.05) is 13.1 Å². The molecule has 6 nitrogen and oxygen atoms in total. The third-order valence-corrected chi connectivity index (χ3v) is 6.46. The van der Waals surface area contributed by atoms with Crippen molar-refractivity contribution in [1.29, 1.82) is 0 Å². The van der Waals surface area contributed by atoms with Crippen molar-refractivity contribution in [3.63, 3.8) is 0 Å². The highest BCUT2D eigenvalue weighted by Gasteiger charge is 2.44. The van der Waals surface area contributed by atoms with Crippen LogP contribution in [0.3, 0.4) is 0 Å². The molecule has 2 saturated heterocycles. The lowest BCUT2D eigenvalue weighted by atomic mass is 9.77. The Morgan fingerprint density at radius 3 is 2.92 bits per heavy atom. The molecule has 2 fully saturated rings. The highest BCUT2D eigenvalue weighted by Crippen LogP contribution is 2.43. The second-order valence-corrected chi connectivity index (χ2v) is 8.42. The smallest absolute Gasteiger partial charge is 0.236 e. The van der Waals surface area contributed by atoms with Gasteiger partial charge in [-0.1, -0.05) is 0 Å². The number of hydrogen-bond acceptors (Lipinski definition) is 5. The molecule has 0 aromatic carbocycles. The normalized spacial score (nSPS) is 27.5. The second-order valence-electron chi connectivity index (χ2n) is 8.42. The zero-order chi connectivity index (χ0) is 18.1. The van der Waals surface area contributed by atoms with E-state index in [-0.39, 0.29) is 5.41 Å². The van der Waals surface area contributed by atoms with E-state index in [4.69, 9.17) is 4.98 Å². The number of aromatic nitrogens is 2. The van der Waals surface area contributed by atoms with Crippen LogP contribution in [0.1, 0.15) is 42.8 Å². The average Bonchev–Trinajstić information content (AvgIpc) is 2.82. The van der Waals surface area contributed by atoms with Crippen LogP contribution in [0.25, 0.3) is 0 Å². The van der Waals surface area contributed by atoms with Gasteiger partial charge in [0.15, 0.2) is 0 Å². The maximum atomic E-state index is 13.0. The summed E-state index contributed by atoms with van der Waals surface area (Å²) in [6, 6.07) is 0. The van der Waals surface area contributed by atoms with Crippen LogP contribution in [0.4, 0.5) is 0 Å². The summed E-state index contributed by atoms with van der Waals surface area (Å²) in [5.74, 6) is 1.15. The Morgan fingerprint density at radius 1 is 1.15 bits per heavy atom. The van der Waals surface area contributed by atoms with Gasteiger partial charge in [-0.15, -0.1) is 0 Å². The molecule has 4 rings (SSSR count). The lowest BCUT2D eigenvalue weighted by molar-refractivity contribution is -0.134. The monoisotopic (exact) mass is 357 g/mol. The number of piperidine rings is 1. The van der Waals surface area contributed by atoms with Gasteiger partial charge in [0, 0.05) is 37.8 Å². The largest absolute Gasteiger partial charge is 0.341 e. The molecule has 1 unspecified atom stereocenters. The maximum absolute atomic E-state index is 13.0. The quantitative estimate of drug-likeness (QED) is 0.797. The van der Waals surface area contributed by atoms with E-state index in [0.29, 0.717) is 12.5 Å². The predicted molar refractivity (Wildman–Crippen MR) is 101 cm³/mol. The Kier molecular flexibility index (Phi) is 4.97. The maximum Gasteiger partial charge on any atom is 0.236 e. The lowest BCUT2D eigenvalue weighted by Gasteiger charge is -2.41. The Bertz CT molecular complexity index is 674. The topological polar surface area (TPSA) is 52.6 Å². The number of fused-ring (bicyclic) bond motifs is 2. The number of likely N-dealkylation sites (tertiary alicyclic amines) is 1. The van der Waals surface area contributed by atoms with Crippen molar-refractivity contribution >= 4 is 5.91 Å². The van der Waals surface area contributed by atoms with Gasteiger partial charge in [-0.2, -0.15) is 0 Å². The van der Waals surface area contributed by atoms with Crippen LogP contribution in [0.2, 0.25) is 0 Å². The fraction of sp³-hybridized carbons (Fsp3) is 0.750. The standard InChI is InChI=1S/C20H31N5O/c1-16-21-13-17-5-7-20(19(17)22-16)6-3-10-25(15-20)18(26)14-24-9-4-8-23(2)11-12-24/h13H,3-12,14-15H2,1-2H3. The Hall–Kier alpha value is -1.53. The number of hydrogen-bond donors (Lipinski definition) is 0. The number of rotatable bonds is 2. The molecule has 26 heavy (non-hydrogen) atoms. The number of likely N-dealkylation sites (N-methyl/N-ethyl adjacent to an activating group) is 1. The van der Waals surface area contributed by atoms with Crippen LogP contribution >= 0.6 is 0 Å². The highest BCUT2D eigenvalue weighted by molar-refractivity contribution is 5.78. The predicted octanol–water partition coefficient (Wildman–Crippen LogP) is 1.23. The number of nitrogens with zero attached hydrogens (tertiary/aromatic N) is 5. The van der Waals surface area contributed by atoms with Crippen molar-refractivity contribution in [2.24, 2.45) is 0 Å². The minimum absolute atomic E-state index is 0.0654. The first-order chi connectivity index (χ1) is 12.6. The Labute approximate surface area is 156 Å². The summed E-state index contributed by atoms with van der Waals surface area (Å²) in [7, 11) is 2.17. The zero-order valence-electron chi connectivity index (χ0n) is 16.2. The SMILES string of the molecule is Cc1ncc2c(n1)C1(CCCN(C(=O)CN3CCCN(C)CC3)C1)CC2. The Balaban J connectivity index is 1.44. The third kappa shape index (κ3) is 3.49.